The highest BCUT2D eigenvalue weighted by molar-refractivity contribution is 7.89. The van der Waals surface area contributed by atoms with E-state index in [-0.39, 0.29) is 35.9 Å². The number of ether oxygens (including phenoxy) is 2. The standard InChI is InChI=1S/C15H21N3O5S.ClH/c1-22-14-5-4-11(24(20,21)18-10-2-3-10)8-12(14)17-15(19)13-9-23-7-6-16-13;/h4-5,8,10,13,16,18H,2-3,6-7,9H2,1H3,(H,17,19);1H. The molecule has 1 aromatic rings. The molecule has 25 heavy (non-hydrogen) atoms. The number of benzene rings is 1. The Bertz CT molecular complexity index is 718. The van der Waals surface area contributed by atoms with E-state index >= 15 is 0 Å². The van der Waals surface area contributed by atoms with Crippen LogP contribution in [0.25, 0.3) is 0 Å². The highest BCUT2D eigenvalue weighted by Gasteiger charge is 2.29. The topological polar surface area (TPSA) is 106 Å². The Kier molecular flexibility index (Phi) is 6.64. The molecule has 1 heterocycles. The minimum absolute atomic E-state index is 0. The third-order valence-electron chi connectivity index (χ3n) is 3.88. The van der Waals surface area contributed by atoms with E-state index in [1.165, 1.54) is 25.3 Å². The quantitative estimate of drug-likeness (QED) is 0.651. The van der Waals surface area contributed by atoms with Crippen molar-refractivity contribution in [1.29, 1.82) is 0 Å². The first-order valence-corrected chi connectivity index (χ1v) is 9.30. The number of methoxy groups -OCH3 is 1. The monoisotopic (exact) mass is 391 g/mol. The number of nitrogens with one attached hydrogen (secondary N) is 3. The lowest BCUT2D eigenvalue weighted by molar-refractivity contribution is -0.120. The molecule has 0 radical (unpaired) electrons. The average Bonchev–Trinajstić information content (AvgIpc) is 3.39. The van der Waals surface area contributed by atoms with Crippen LogP contribution in [-0.2, 0) is 19.6 Å². The number of carbonyl (C=O) groups is 1. The fourth-order valence-corrected chi connectivity index (χ4v) is 3.73. The van der Waals surface area contributed by atoms with E-state index in [2.05, 4.69) is 15.4 Å². The average molecular weight is 392 g/mol. The first-order valence-electron chi connectivity index (χ1n) is 7.82. The highest BCUT2D eigenvalue weighted by atomic mass is 35.5. The lowest BCUT2D eigenvalue weighted by Crippen LogP contribution is -2.48. The van der Waals surface area contributed by atoms with Crippen LogP contribution in [0.15, 0.2) is 23.1 Å². The SMILES string of the molecule is COc1ccc(S(=O)(=O)NC2CC2)cc1NC(=O)C1COCCN1.Cl. The molecule has 1 aromatic carbocycles. The van der Waals surface area contributed by atoms with Crippen LogP contribution in [0.3, 0.4) is 0 Å². The van der Waals surface area contributed by atoms with Crippen molar-refractivity contribution in [2.24, 2.45) is 0 Å². The maximum Gasteiger partial charge on any atom is 0.244 e. The van der Waals surface area contributed by atoms with Crippen molar-refractivity contribution in [2.75, 3.05) is 32.2 Å². The van der Waals surface area contributed by atoms with Crippen LogP contribution in [-0.4, -0.2) is 53.3 Å². The van der Waals surface area contributed by atoms with Gasteiger partial charge in [-0.2, -0.15) is 0 Å². The summed E-state index contributed by atoms with van der Waals surface area (Å²) in [4.78, 5) is 12.4. The maximum absolute atomic E-state index is 12.3. The predicted octanol–water partition coefficient (Wildman–Crippen LogP) is 0.485. The van der Waals surface area contributed by atoms with Crippen molar-refractivity contribution in [1.82, 2.24) is 10.0 Å². The van der Waals surface area contributed by atoms with Crippen LogP contribution in [0.2, 0.25) is 0 Å². The summed E-state index contributed by atoms with van der Waals surface area (Å²) in [6, 6.07) is 3.93. The fourth-order valence-electron chi connectivity index (χ4n) is 2.39. The molecule has 1 aliphatic carbocycles. The van der Waals surface area contributed by atoms with Gasteiger partial charge in [0, 0.05) is 12.6 Å². The van der Waals surface area contributed by atoms with E-state index in [0.717, 1.165) is 12.8 Å². The highest BCUT2D eigenvalue weighted by Crippen LogP contribution is 2.29. The Hall–Kier alpha value is -1.39. The second-order valence-electron chi connectivity index (χ2n) is 5.83. The Morgan fingerprint density at radius 3 is 2.72 bits per heavy atom. The van der Waals surface area contributed by atoms with Gasteiger partial charge in [0.05, 0.1) is 30.9 Å². The van der Waals surface area contributed by atoms with E-state index in [9.17, 15) is 13.2 Å². The predicted molar refractivity (Wildman–Crippen MR) is 94.8 cm³/mol. The molecule has 2 aliphatic rings. The van der Waals surface area contributed by atoms with Gasteiger partial charge in [-0.05, 0) is 31.0 Å². The Morgan fingerprint density at radius 2 is 2.12 bits per heavy atom. The molecule has 1 amide bonds. The maximum atomic E-state index is 12.3. The number of rotatable bonds is 6. The molecule has 1 saturated heterocycles. The molecule has 8 nitrogen and oxygen atoms in total. The second-order valence-corrected chi connectivity index (χ2v) is 7.54. The lowest BCUT2D eigenvalue weighted by Gasteiger charge is -2.23. The molecule has 0 aromatic heterocycles. The number of anilines is 1. The van der Waals surface area contributed by atoms with E-state index in [1.807, 2.05) is 0 Å². The van der Waals surface area contributed by atoms with Gasteiger partial charge < -0.3 is 20.1 Å². The van der Waals surface area contributed by atoms with Crippen LogP contribution < -0.4 is 20.1 Å². The molecular weight excluding hydrogens is 370 g/mol. The summed E-state index contributed by atoms with van der Waals surface area (Å²) in [6.07, 6.45) is 1.71. The van der Waals surface area contributed by atoms with Gasteiger partial charge in [0.2, 0.25) is 15.9 Å². The minimum atomic E-state index is -3.60. The number of morpholine rings is 1. The zero-order valence-corrected chi connectivity index (χ0v) is 15.4. The first-order chi connectivity index (χ1) is 11.5. The van der Waals surface area contributed by atoms with Crippen molar-refractivity contribution >= 4 is 34.0 Å². The zero-order valence-electron chi connectivity index (χ0n) is 13.8. The summed E-state index contributed by atoms with van der Waals surface area (Å²) in [5.41, 5.74) is 0.313. The van der Waals surface area contributed by atoms with Crippen molar-refractivity contribution in [2.45, 2.75) is 29.8 Å². The molecule has 10 heteroatoms. The zero-order chi connectivity index (χ0) is 17.2. The van der Waals surface area contributed by atoms with Crippen molar-refractivity contribution in [3.8, 4) is 5.75 Å². The van der Waals surface area contributed by atoms with Gasteiger partial charge in [0.25, 0.3) is 0 Å². The van der Waals surface area contributed by atoms with Crippen LogP contribution in [0.1, 0.15) is 12.8 Å². The van der Waals surface area contributed by atoms with Gasteiger partial charge in [0.1, 0.15) is 11.8 Å². The van der Waals surface area contributed by atoms with Crippen molar-refractivity contribution in [3.63, 3.8) is 0 Å². The minimum Gasteiger partial charge on any atom is -0.495 e. The van der Waals surface area contributed by atoms with Gasteiger partial charge in [-0.1, -0.05) is 0 Å². The van der Waals surface area contributed by atoms with Gasteiger partial charge in [-0.15, -0.1) is 12.4 Å². The Balaban J connectivity index is 0.00000225. The summed E-state index contributed by atoms with van der Waals surface area (Å²) < 4.78 is 37.7. The molecule has 3 rings (SSSR count). The third kappa shape index (κ3) is 5.05. The summed E-state index contributed by atoms with van der Waals surface area (Å²) >= 11 is 0. The number of halogens is 1. The number of amides is 1. The molecule has 1 atom stereocenters. The number of sulfonamides is 1. The van der Waals surface area contributed by atoms with Crippen LogP contribution in [0.5, 0.6) is 5.75 Å². The molecular formula is C15H22ClN3O5S. The van der Waals surface area contributed by atoms with Crippen LogP contribution >= 0.6 is 12.4 Å². The van der Waals surface area contributed by atoms with E-state index < -0.39 is 16.1 Å². The third-order valence-corrected chi connectivity index (χ3v) is 5.39. The molecule has 3 N–H and O–H groups in total. The van der Waals surface area contributed by atoms with E-state index in [1.54, 1.807) is 0 Å². The number of hydrogen-bond acceptors (Lipinski definition) is 6. The molecule has 1 saturated carbocycles. The fraction of sp³-hybridized carbons (Fsp3) is 0.533. The molecule has 1 unspecified atom stereocenters. The second kappa shape index (κ2) is 8.33. The normalized spacial score (nSPS) is 20.4. The van der Waals surface area contributed by atoms with Crippen molar-refractivity contribution in [3.05, 3.63) is 18.2 Å². The van der Waals surface area contributed by atoms with Gasteiger partial charge >= 0.3 is 0 Å². The van der Waals surface area contributed by atoms with E-state index in [4.69, 9.17) is 9.47 Å². The largest absolute Gasteiger partial charge is 0.495 e. The molecule has 140 valence electrons. The summed E-state index contributed by atoms with van der Waals surface area (Å²) in [5, 5.41) is 5.76. The molecule has 1 aliphatic heterocycles. The summed E-state index contributed by atoms with van der Waals surface area (Å²) in [5.74, 6) is 0.100. The van der Waals surface area contributed by atoms with Gasteiger partial charge in [-0.25, -0.2) is 13.1 Å². The molecule has 0 spiro atoms. The first kappa shape index (κ1) is 19.9. The van der Waals surface area contributed by atoms with Crippen LogP contribution in [0, 0.1) is 0 Å². The van der Waals surface area contributed by atoms with Gasteiger partial charge in [-0.3, -0.25) is 4.79 Å². The number of carbonyl (C=O) groups excluding carboxylic acids is 1. The summed E-state index contributed by atoms with van der Waals surface area (Å²) in [6.45, 7) is 1.43. The Labute approximate surface area is 153 Å². The lowest BCUT2D eigenvalue weighted by atomic mass is 10.2. The van der Waals surface area contributed by atoms with Gasteiger partial charge in [0.15, 0.2) is 0 Å². The molecule has 0 bridgehead atoms. The van der Waals surface area contributed by atoms with Crippen LogP contribution in [0.4, 0.5) is 5.69 Å². The Morgan fingerprint density at radius 1 is 1.36 bits per heavy atom. The van der Waals surface area contributed by atoms with E-state index in [0.29, 0.717) is 24.6 Å². The number of hydrogen-bond donors (Lipinski definition) is 3. The van der Waals surface area contributed by atoms with Crippen molar-refractivity contribution < 1.29 is 22.7 Å². The molecule has 2 fully saturated rings. The summed E-state index contributed by atoms with van der Waals surface area (Å²) in [7, 11) is -2.14. The smallest absolute Gasteiger partial charge is 0.244 e.